The Morgan fingerprint density at radius 3 is 2.84 bits per heavy atom. The second-order valence-electron chi connectivity index (χ2n) is 4.32. The molecule has 0 aromatic carbocycles. The lowest BCUT2D eigenvalue weighted by Gasteiger charge is -2.21. The second-order valence-corrected chi connectivity index (χ2v) is 4.32. The topological polar surface area (TPSA) is 113 Å². The van der Waals surface area contributed by atoms with Crippen LogP contribution in [0.15, 0.2) is 23.3 Å². The van der Waals surface area contributed by atoms with Crippen LogP contribution in [0.4, 0.5) is 0 Å². The first-order valence-electron chi connectivity index (χ1n) is 5.71. The number of β-amino-alcohol motifs (C(OH)–C–C–N with tert-alkyl or cyclic N) is 1. The molecule has 0 radical (unpaired) electrons. The predicted molar refractivity (Wildman–Crippen MR) is 62.3 cm³/mol. The number of rotatable bonds is 3. The molecule has 0 saturated carbocycles. The van der Waals surface area contributed by atoms with E-state index >= 15 is 0 Å². The van der Waals surface area contributed by atoms with Gasteiger partial charge >= 0.3 is 11.7 Å². The molecule has 2 rings (SSSR count). The van der Waals surface area contributed by atoms with Crippen LogP contribution < -0.4 is 5.69 Å². The van der Waals surface area contributed by atoms with Gasteiger partial charge in [-0.05, 0) is 6.07 Å². The van der Waals surface area contributed by atoms with Crippen LogP contribution in [0.3, 0.4) is 0 Å². The number of likely N-dealkylation sites (tertiary alicyclic amines) is 1. The zero-order valence-corrected chi connectivity index (χ0v) is 9.97. The number of carbonyl (C=O) groups is 2. The monoisotopic (exact) mass is 267 g/mol. The summed E-state index contributed by atoms with van der Waals surface area (Å²) >= 11 is 0. The van der Waals surface area contributed by atoms with Crippen LogP contribution in [0.1, 0.15) is 6.42 Å². The minimum atomic E-state index is -1.16. The van der Waals surface area contributed by atoms with E-state index in [1.807, 2.05) is 0 Å². The van der Waals surface area contributed by atoms with Crippen molar-refractivity contribution in [3.05, 3.63) is 28.9 Å². The number of nitrogens with zero attached hydrogens (tertiary/aromatic N) is 3. The van der Waals surface area contributed by atoms with E-state index in [4.69, 9.17) is 5.11 Å². The summed E-state index contributed by atoms with van der Waals surface area (Å²) in [5.74, 6) is -1.69. The highest BCUT2D eigenvalue weighted by Crippen LogP contribution is 2.18. The van der Waals surface area contributed by atoms with Crippen LogP contribution >= 0.6 is 0 Å². The number of aliphatic hydroxyl groups is 1. The van der Waals surface area contributed by atoms with Crippen molar-refractivity contribution < 1.29 is 19.8 Å². The lowest BCUT2D eigenvalue weighted by atomic mass is 10.2. The van der Waals surface area contributed by atoms with Crippen molar-refractivity contribution in [2.24, 2.45) is 0 Å². The van der Waals surface area contributed by atoms with Crippen molar-refractivity contribution >= 4 is 11.9 Å². The summed E-state index contributed by atoms with van der Waals surface area (Å²) in [6.07, 6.45) is 1.86. The largest absolute Gasteiger partial charge is 0.480 e. The Labute approximate surface area is 107 Å². The van der Waals surface area contributed by atoms with Crippen LogP contribution in [-0.4, -0.2) is 55.2 Å². The molecule has 8 nitrogen and oxygen atoms in total. The van der Waals surface area contributed by atoms with Crippen molar-refractivity contribution in [3.8, 4) is 0 Å². The zero-order chi connectivity index (χ0) is 14.0. The molecule has 1 aliphatic rings. The number of aliphatic carboxylic acids is 1. The first-order valence-corrected chi connectivity index (χ1v) is 5.71. The first-order chi connectivity index (χ1) is 8.99. The Hall–Kier alpha value is -2.22. The lowest BCUT2D eigenvalue weighted by Crippen LogP contribution is -2.43. The summed E-state index contributed by atoms with van der Waals surface area (Å²) in [7, 11) is 0. The highest BCUT2D eigenvalue weighted by atomic mass is 16.4. The molecule has 0 bridgehead atoms. The fourth-order valence-corrected chi connectivity index (χ4v) is 2.07. The van der Waals surface area contributed by atoms with Gasteiger partial charge in [0, 0.05) is 25.4 Å². The minimum Gasteiger partial charge on any atom is -0.480 e. The number of amides is 1. The average Bonchev–Trinajstić information content (AvgIpc) is 2.74. The quantitative estimate of drug-likeness (QED) is 0.674. The van der Waals surface area contributed by atoms with Crippen LogP contribution in [0, 0.1) is 0 Å². The van der Waals surface area contributed by atoms with E-state index in [0.717, 1.165) is 9.47 Å². The van der Waals surface area contributed by atoms with Gasteiger partial charge in [-0.3, -0.25) is 9.36 Å². The van der Waals surface area contributed by atoms with Gasteiger partial charge in [-0.2, -0.15) is 0 Å². The maximum absolute atomic E-state index is 12.0. The number of aliphatic hydroxyl groups excluding tert-OH is 1. The van der Waals surface area contributed by atoms with E-state index in [1.165, 1.54) is 18.5 Å². The highest BCUT2D eigenvalue weighted by Gasteiger charge is 2.38. The molecule has 1 fully saturated rings. The van der Waals surface area contributed by atoms with E-state index in [1.54, 1.807) is 0 Å². The van der Waals surface area contributed by atoms with Gasteiger partial charge in [-0.15, -0.1) is 0 Å². The molecule has 0 spiro atoms. The number of aromatic nitrogens is 2. The summed E-state index contributed by atoms with van der Waals surface area (Å²) in [6.45, 7) is -0.325. The Balaban J connectivity index is 2.14. The molecule has 1 aliphatic heterocycles. The van der Waals surface area contributed by atoms with Crippen molar-refractivity contribution in [1.82, 2.24) is 14.5 Å². The number of hydrogen-bond donors (Lipinski definition) is 2. The molecule has 2 N–H and O–H groups in total. The van der Waals surface area contributed by atoms with Crippen LogP contribution in [0.25, 0.3) is 0 Å². The van der Waals surface area contributed by atoms with Crippen molar-refractivity contribution in [2.45, 2.75) is 25.1 Å². The molecule has 1 aromatic heterocycles. The zero-order valence-electron chi connectivity index (χ0n) is 9.97. The molecule has 1 saturated heterocycles. The highest BCUT2D eigenvalue weighted by molar-refractivity contribution is 5.84. The fourth-order valence-electron chi connectivity index (χ4n) is 2.07. The maximum atomic E-state index is 12.0. The van der Waals surface area contributed by atoms with Crippen LogP contribution in [0.2, 0.25) is 0 Å². The Bertz CT molecular complexity index is 555. The third-order valence-electron chi connectivity index (χ3n) is 2.97. The smallest absolute Gasteiger partial charge is 0.347 e. The summed E-state index contributed by atoms with van der Waals surface area (Å²) in [5, 5.41) is 18.4. The third kappa shape index (κ3) is 2.79. The molecule has 102 valence electrons. The van der Waals surface area contributed by atoms with Gasteiger partial charge in [0.15, 0.2) is 0 Å². The van der Waals surface area contributed by atoms with Gasteiger partial charge in [0.05, 0.1) is 6.10 Å². The maximum Gasteiger partial charge on any atom is 0.347 e. The van der Waals surface area contributed by atoms with Gasteiger partial charge in [-0.25, -0.2) is 14.6 Å². The average molecular weight is 267 g/mol. The van der Waals surface area contributed by atoms with Crippen LogP contribution in [-0.2, 0) is 16.1 Å². The standard InChI is InChI=1S/C11H13N3O5/c15-7-4-8(10(17)18)14(5-7)9(16)6-13-3-1-2-12-11(13)19/h1-3,7-8,15H,4-6H2,(H,17,18). The summed E-state index contributed by atoms with van der Waals surface area (Å²) < 4.78 is 1.09. The van der Waals surface area contributed by atoms with E-state index in [9.17, 15) is 19.5 Å². The van der Waals surface area contributed by atoms with Crippen molar-refractivity contribution in [3.63, 3.8) is 0 Å². The van der Waals surface area contributed by atoms with Gasteiger partial charge in [0.25, 0.3) is 0 Å². The third-order valence-corrected chi connectivity index (χ3v) is 2.97. The van der Waals surface area contributed by atoms with Gasteiger partial charge < -0.3 is 15.1 Å². The molecule has 2 heterocycles. The number of hydrogen-bond acceptors (Lipinski definition) is 5. The Morgan fingerprint density at radius 2 is 2.21 bits per heavy atom. The normalized spacial score (nSPS) is 22.5. The SMILES string of the molecule is O=C(O)C1CC(O)CN1C(=O)Cn1cccnc1=O. The molecule has 2 atom stereocenters. The second kappa shape index (κ2) is 5.19. The molecular formula is C11H13N3O5. The summed E-state index contributed by atoms with van der Waals surface area (Å²) in [6, 6.07) is 0.456. The molecule has 1 aromatic rings. The van der Waals surface area contributed by atoms with Crippen molar-refractivity contribution in [1.29, 1.82) is 0 Å². The van der Waals surface area contributed by atoms with E-state index in [0.29, 0.717) is 0 Å². The first kappa shape index (κ1) is 13.2. The van der Waals surface area contributed by atoms with Crippen molar-refractivity contribution in [2.75, 3.05) is 6.54 Å². The van der Waals surface area contributed by atoms with Crippen LogP contribution in [0.5, 0.6) is 0 Å². The van der Waals surface area contributed by atoms with E-state index in [-0.39, 0.29) is 19.5 Å². The summed E-state index contributed by atoms with van der Waals surface area (Å²) in [4.78, 5) is 38.9. The molecular weight excluding hydrogens is 254 g/mol. The van der Waals surface area contributed by atoms with Gasteiger partial charge in [0.1, 0.15) is 12.6 Å². The fraction of sp³-hybridized carbons (Fsp3) is 0.455. The number of carboxylic acid groups (broad SMARTS) is 1. The predicted octanol–water partition coefficient (Wildman–Crippen LogP) is -1.71. The minimum absolute atomic E-state index is 0.00299. The molecule has 1 amide bonds. The Morgan fingerprint density at radius 1 is 1.47 bits per heavy atom. The molecule has 2 unspecified atom stereocenters. The summed E-state index contributed by atoms with van der Waals surface area (Å²) in [5.41, 5.74) is -0.581. The lowest BCUT2D eigenvalue weighted by molar-refractivity contribution is -0.148. The number of carboxylic acids is 1. The van der Waals surface area contributed by atoms with Gasteiger partial charge in [0.2, 0.25) is 5.91 Å². The van der Waals surface area contributed by atoms with Gasteiger partial charge in [-0.1, -0.05) is 0 Å². The van der Waals surface area contributed by atoms with E-state index < -0.39 is 29.7 Å². The van der Waals surface area contributed by atoms with E-state index in [2.05, 4.69) is 4.98 Å². The molecule has 0 aliphatic carbocycles. The molecule has 19 heavy (non-hydrogen) atoms. The molecule has 8 heteroatoms. The number of carbonyl (C=O) groups excluding carboxylic acids is 1. The Kier molecular flexibility index (Phi) is 3.61.